The van der Waals surface area contributed by atoms with E-state index in [4.69, 9.17) is 12.2 Å². The molecule has 170 valence electrons. The Kier molecular flexibility index (Phi) is 6.41. The predicted octanol–water partition coefficient (Wildman–Crippen LogP) is 5.24. The van der Waals surface area contributed by atoms with E-state index in [1.807, 2.05) is 56.3 Å². The number of hydrogen-bond donors (Lipinski definition) is 4. The highest BCUT2D eigenvalue weighted by Crippen LogP contribution is 2.41. The van der Waals surface area contributed by atoms with E-state index in [2.05, 4.69) is 16.1 Å². The Hall–Kier alpha value is -3.34. The molecule has 1 atom stereocenters. The standard InChI is InChI=1S/C23H23N5O3S2/c1-23(2)19(27(22(32)33-23)26-20(29)24-16-11-4-3-5-12-16)28(31)21(30)25-18-14-8-10-15-9-6-7-13-17(15)18/h3-14,19,31H,1-2H3,(H,25,30)(H2,24,26,29)/t19-/m0/s1. The Labute approximate surface area is 200 Å². The first-order valence-electron chi connectivity index (χ1n) is 10.2. The fourth-order valence-corrected chi connectivity index (χ4v) is 5.45. The number of amides is 4. The van der Waals surface area contributed by atoms with Crippen molar-refractivity contribution in [3.63, 3.8) is 0 Å². The number of para-hydroxylation sites is 1. The smallest absolute Gasteiger partial charge is 0.307 e. The van der Waals surface area contributed by atoms with Crippen LogP contribution >= 0.6 is 24.0 Å². The quantitative estimate of drug-likeness (QED) is 0.231. The molecule has 0 aliphatic carbocycles. The maximum absolute atomic E-state index is 13.0. The van der Waals surface area contributed by atoms with Crippen molar-refractivity contribution >= 4 is 62.5 Å². The lowest BCUT2D eigenvalue weighted by Gasteiger charge is -2.36. The van der Waals surface area contributed by atoms with Crippen molar-refractivity contribution < 1.29 is 14.8 Å². The van der Waals surface area contributed by atoms with E-state index >= 15 is 0 Å². The normalized spacial score (nSPS) is 17.0. The molecule has 0 unspecified atom stereocenters. The zero-order valence-corrected chi connectivity index (χ0v) is 19.6. The van der Waals surface area contributed by atoms with E-state index in [0.717, 1.165) is 10.8 Å². The van der Waals surface area contributed by atoms with Crippen LogP contribution in [-0.4, -0.2) is 42.6 Å². The molecule has 0 aromatic heterocycles. The van der Waals surface area contributed by atoms with Crippen LogP contribution in [0, 0.1) is 0 Å². The van der Waals surface area contributed by atoms with Gasteiger partial charge in [0.05, 0.1) is 10.4 Å². The van der Waals surface area contributed by atoms with Gasteiger partial charge in [-0.25, -0.2) is 20.0 Å². The van der Waals surface area contributed by atoms with Gasteiger partial charge in [0.2, 0.25) is 0 Å². The number of nitrogens with one attached hydrogen (secondary N) is 3. The van der Waals surface area contributed by atoms with E-state index < -0.39 is 23.0 Å². The summed E-state index contributed by atoms with van der Waals surface area (Å²) >= 11 is 6.70. The first-order valence-corrected chi connectivity index (χ1v) is 11.4. The highest BCUT2D eigenvalue weighted by molar-refractivity contribution is 8.24. The lowest BCUT2D eigenvalue weighted by atomic mass is 10.1. The lowest BCUT2D eigenvalue weighted by Crippen LogP contribution is -2.60. The van der Waals surface area contributed by atoms with Crippen LogP contribution in [0.5, 0.6) is 0 Å². The Balaban J connectivity index is 1.53. The van der Waals surface area contributed by atoms with Gasteiger partial charge in [-0.15, -0.1) is 0 Å². The molecule has 8 nitrogen and oxygen atoms in total. The van der Waals surface area contributed by atoms with Crippen LogP contribution < -0.4 is 16.1 Å². The Morgan fingerprint density at radius 3 is 2.42 bits per heavy atom. The average molecular weight is 482 g/mol. The van der Waals surface area contributed by atoms with Crippen molar-refractivity contribution in [1.82, 2.24) is 15.5 Å². The minimum absolute atomic E-state index is 0.324. The van der Waals surface area contributed by atoms with Crippen molar-refractivity contribution in [1.29, 1.82) is 0 Å². The summed E-state index contributed by atoms with van der Waals surface area (Å²) in [7, 11) is 0. The molecule has 1 saturated heterocycles. The molecular formula is C23H23N5O3S2. The van der Waals surface area contributed by atoms with Gasteiger partial charge >= 0.3 is 12.1 Å². The first kappa shape index (κ1) is 22.8. The second-order valence-corrected chi connectivity index (χ2v) is 10.2. The summed E-state index contributed by atoms with van der Waals surface area (Å²) in [5.74, 6) is 0. The van der Waals surface area contributed by atoms with Crippen molar-refractivity contribution in [2.75, 3.05) is 10.6 Å². The number of anilines is 2. The van der Waals surface area contributed by atoms with Crippen molar-refractivity contribution in [2.24, 2.45) is 0 Å². The van der Waals surface area contributed by atoms with Gasteiger partial charge in [-0.1, -0.05) is 78.6 Å². The number of carbonyl (C=O) groups is 2. The second kappa shape index (κ2) is 9.26. The summed E-state index contributed by atoms with van der Waals surface area (Å²) in [6.45, 7) is 3.67. The van der Waals surface area contributed by atoms with Crippen molar-refractivity contribution in [3.8, 4) is 0 Å². The molecule has 1 fully saturated rings. The van der Waals surface area contributed by atoms with Gasteiger partial charge in [-0.3, -0.25) is 5.21 Å². The van der Waals surface area contributed by atoms with E-state index in [1.54, 1.807) is 30.3 Å². The molecule has 1 heterocycles. The largest absolute Gasteiger partial charge is 0.347 e. The second-order valence-electron chi connectivity index (χ2n) is 7.95. The van der Waals surface area contributed by atoms with Gasteiger partial charge in [0, 0.05) is 11.1 Å². The number of carbonyl (C=O) groups excluding carboxylic acids is 2. The fraction of sp³-hybridized carbons (Fsp3) is 0.174. The summed E-state index contributed by atoms with van der Waals surface area (Å²) in [6.07, 6.45) is -0.952. The van der Waals surface area contributed by atoms with E-state index in [-0.39, 0.29) is 0 Å². The molecule has 1 aliphatic heterocycles. The van der Waals surface area contributed by atoms with Crippen LogP contribution in [0.3, 0.4) is 0 Å². The minimum atomic E-state index is -0.952. The molecular weight excluding hydrogens is 458 g/mol. The summed E-state index contributed by atoms with van der Waals surface area (Å²) in [5, 5.41) is 20.1. The number of rotatable bonds is 4. The summed E-state index contributed by atoms with van der Waals surface area (Å²) in [6, 6.07) is 20.8. The molecule has 0 spiro atoms. The molecule has 1 aliphatic rings. The summed E-state index contributed by atoms with van der Waals surface area (Å²) in [5.41, 5.74) is 3.81. The van der Waals surface area contributed by atoms with Gasteiger partial charge in [0.25, 0.3) is 0 Å². The highest BCUT2D eigenvalue weighted by atomic mass is 32.2. The number of hydroxylamine groups is 2. The zero-order chi connectivity index (χ0) is 23.6. The SMILES string of the molecule is CC1(C)SC(=S)N(NC(=O)Nc2ccccc2)[C@H]1N(O)C(=O)Nc1cccc2ccccc12. The van der Waals surface area contributed by atoms with Crippen LogP contribution in [0.2, 0.25) is 0 Å². The molecule has 33 heavy (non-hydrogen) atoms. The maximum Gasteiger partial charge on any atom is 0.347 e. The number of hydrogen-bond acceptors (Lipinski definition) is 5. The Morgan fingerprint density at radius 2 is 1.67 bits per heavy atom. The zero-order valence-electron chi connectivity index (χ0n) is 18.0. The van der Waals surface area contributed by atoms with Crippen molar-refractivity contribution in [3.05, 3.63) is 72.8 Å². The molecule has 0 radical (unpaired) electrons. The summed E-state index contributed by atoms with van der Waals surface area (Å²) < 4.78 is -0.382. The van der Waals surface area contributed by atoms with Crippen LogP contribution in [0.15, 0.2) is 72.8 Å². The molecule has 0 bridgehead atoms. The van der Waals surface area contributed by atoms with Crippen LogP contribution in [0.1, 0.15) is 13.8 Å². The molecule has 3 aromatic rings. The third kappa shape index (κ3) is 4.87. The molecule has 3 aromatic carbocycles. The van der Waals surface area contributed by atoms with Gasteiger partial charge in [-0.2, -0.15) is 5.06 Å². The van der Waals surface area contributed by atoms with Crippen LogP contribution in [0.25, 0.3) is 10.8 Å². The van der Waals surface area contributed by atoms with Gasteiger partial charge < -0.3 is 10.6 Å². The van der Waals surface area contributed by atoms with Gasteiger partial charge in [-0.05, 0) is 37.4 Å². The molecule has 10 heteroatoms. The fourth-order valence-electron chi connectivity index (χ4n) is 3.66. The number of urea groups is 2. The molecule has 4 amide bonds. The average Bonchev–Trinajstić information content (AvgIpc) is 3.01. The number of thioether (sulfide) groups is 1. The third-order valence-corrected chi connectivity index (χ3v) is 6.69. The summed E-state index contributed by atoms with van der Waals surface area (Å²) in [4.78, 5) is 25.6. The monoisotopic (exact) mass is 481 g/mol. The Bertz CT molecular complexity index is 1200. The molecule has 4 rings (SSSR count). The first-order chi connectivity index (χ1) is 15.8. The van der Waals surface area contributed by atoms with Crippen molar-refractivity contribution in [2.45, 2.75) is 24.8 Å². The van der Waals surface area contributed by atoms with E-state index in [1.165, 1.54) is 16.8 Å². The molecule has 4 N–H and O–H groups in total. The van der Waals surface area contributed by atoms with Crippen LogP contribution in [-0.2, 0) is 0 Å². The topological polar surface area (TPSA) is 96.9 Å². The predicted molar refractivity (Wildman–Crippen MR) is 135 cm³/mol. The van der Waals surface area contributed by atoms with Crippen LogP contribution in [0.4, 0.5) is 21.0 Å². The third-order valence-electron chi connectivity index (χ3n) is 5.14. The highest BCUT2D eigenvalue weighted by Gasteiger charge is 2.50. The lowest BCUT2D eigenvalue weighted by molar-refractivity contribution is -0.120. The van der Waals surface area contributed by atoms with Gasteiger partial charge in [0.15, 0.2) is 10.5 Å². The van der Waals surface area contributed by atoms with E-state index in [0.29, 0.717) is 20.8 Å². The van der Waals surface area contributed by atoms with Gasteiger partial charge in [0.1, 0.15) is 0 Å². The number of fused-ring (bicyclic) bond motifs is 1. The number of nitrogens with zero attached hydrogens (tertiary/aromatic N) is 2. The number of hydrazine groups is 1. The Morgan fingerprint density at radius 1 is 1.00 bits per heavy atom. The molecule has 0 saturated carbocycles. The number of benzene rings is 3. The minimum Gasteiger partial charge on any atom is -0.307 e. The van der Waals surface area contributed by atoms with E-state index in [9.17, 15) is 14.8 Å². The number of thiocarbonyl (C=S) groups is 1. The maximum atomic E-state index is 13.0.